The Hall–Kier alpha value is -0.690. The summed E-state index contributed by atoms with van der Waals surface area (Å²) >= 11 is 0. The van der Waals surface area contributed by atoms with Gasteiger partial charge in [-0.2, -0.15) is 0 Å². The van der Waals surface area contributed by atoms with Gasteiger partial charge in [0.2, 0.25) is 6.41 Å². The first kappa shape index (κ1) is 25.9. The summed E-state index contributed by atoms with van der Waals surface area (Å²) in [7, 11) is 1.81. The summed E-state index contributed by atoms with van der Waals surface area (Å²) in [6.45, 7) is 8.18. The lowest BCUT2D eigenvalue weighted by Crippen LogP contribution is -2.88. The summed E-state index contributed by atoms with van der Waals surface area (Å²) in [4.78, 5) is 8.58. The second-order valence-electron chi connectivity index (χ2n) is 12.0. The quantitative estimate of drug-likeness (QED) is 0.376. The van der Waals surface area contributed by atoms with E-state index < -0.39 is 0 Å². The predicted octanol–water partition coefficient (Wildman–Crippen LogP) is 3.44. The SMILES string of the molecule is CC[C@H]1CC2(N)C3CCC(CCCOC)C3(C)CC[C@]2(N)C2(C)CCCCC12N.NC=O. The second-order valence-corrected chi connectivity index (χ2v) is 12.0. The maximum atomic E-state index is 8.58. The molecule has 0 aromatic rings. The van der Waals surface area contributed by atoms with Gasteiger partial charge >= 0.3 is 0 Å². The Balaban J connectivity index is 0.000000913. The molecule has 6 unspecified atom stereocenters. The van der Waals surface area contributed by atoms with Crippen LogP contribution in [0.4, 0.5) is 0 Å². The fourth-order valence-electron chi connectivity index (χ4n) is 9.40. The van der Waals surface area contributed by atoms with Crippen molar-refractivity contribution in [3.63, 3.8) is 0 Å². The molecule has 4 aliphatic carbocycles. The van der Waals surface area contributed by atoms with E-state index in [1.54, 1.807) is 0 Å². The number of carbonyl (C=O) groups is 1. The van der Waals surface area contributed by atoms with E-state index in [2.05, 4.69) is 26.5 Å². The number of methoxy groups -OCH3 is 1. The van der Waals surface area contributed by atoms with Crippen molar-refractivity contribution in [2.24, 2.45) is 51.5 Å². The molecule has 0 aromatic heterocycles. The first-order chi connectivity index (χ1) is 15.0. The van der Waals surface area contributed by atoms with Gasteiger partial charge in [0.05, 0.1) is 0 Å². The van der Waals surface area contributed by atoms with Crippen molar-refractivity contribution in [1.29, 1.82) is 0 Å². The summed E-state index contributed by atoms with van der Waals surface area (Å²) in [5, 5.41) is 0. The number of hydrogen-bond acceptors (Lipinski definition) is 5. The van der Waals surface area contributed by atoms with Crippen LogP contribution in [-0.4, -0.2) is 36.7 Å². The summed E-state index contributed by atoms with van der Waals surface area (Å²) < 4.78 is 5.35. The zero-order valence-electron chi connectivity index (χ0n) is 21.1. The van der Waals surface area contributed by atoms with Gasteiger partial charge in [0.15, 0.2) is 0 Å². The van der Waals surface area contributed by atoms with Gasteiger partial charge in [0.25, 0.3) is 0 Å². The number of rotatable bonds is 5. The highest BCUT2D eigenvalue weighted by atomic mass is 16.5. The highest BCUT2D eigenvalue weighted by Crippen LogP contribution is 2.71. The molecule has 32 heavy (non-hydrogen) atoms. The zero-order chi connectivity index (χ0) is 23.8. The minimum atomic E-state index is -0.341. The number of hydrogen-bond donors (Lipinski definition) is 4. The first-order valence-electron chi connectivity index (χ1n) is 13.1. The Labute approximate surface area is 195 Å². The van der Waals surface area contributed by atoms with Crippen LogP contribution in [0.25, 0.3) is 0 Å². The highest BCUT2D eigenvalue weighted by Gasteiger charge is 2.75. The number of nitrogens with two attached hydrogens (primary N) is 4. The summed E-state index contributed by atoms with van der Waals surface area (Å²) in [5.41, 5.74) is 26.1. The Kier molecular flexibility index (Phi) is 7.42. The van der Waals surface area contributed by atoms with Crippen LogP contribution in [0.5, 0.6) is 0 Å². The van der Waals surface area contributed by atoms with Crippen LogP contribution in [0.2, 0.25) is 0 Å². The molecule has 0 spiro atoms. The molecule has 4 saturated carbocycles. The van der Waals surface area contributed by atoms with Crippen LogP contribution < -0.4 is 22.9 Å². The molecule has 186 valence electrons. The zero-order valence-corrected chi connectivity index (χ0v) is 21.1. The number of amides is 1. The Morgan fingerprint density at radius 3 is 2.25 bits per heavy atom. The Bertz CT molecular complexity index is 676. The van der Waals surface area contributed by atoms with Crippen molar-refractivity contribution in [2.75, 3.05) is 13.7 Å². The third-order valence-electron chi connectivity index (χ3n) is 11.3. The van der Waals surface area contributed by atoms with Gasteiger partial charge < -0.3 is 27.7 Å². The maximum absolute atomic E-state index is 8.58. The van der Waals surface area contributed by atoms with Gasteiger partial charge in [-0.1, -0.05) is 40.0 Å². The van der Waals surface area contributed by atoms with Crippen molar-refractivity contribution in [3.05, 3.63) is 0 Å². The normalized spacial score (nSPS) is 49.8. The highest BCUT2D eigenvalue weighted by molar-refractivity contribution is 5.42. The number of ether oxygens (including phenoxy) is 1. The third-order valence-corrected chi connectivity index (χ3v) is 11.3. The van der Waals surface area contributed by atoms with E-state index >= 15 is 0 Å². The number of carbonyl (C=O) groups excluding carboxylic acids is 1. The molecule has 0 aromatic carbocycles. The van der Waals surface area contributed by atoms with E-state index in [4.69, 9.17) is 26.7 Å². The van der Waals surface area contributed by atoms with Gasteiger partial charge in [-0.05, 0) is 81.0 Å². The lowest BCUT2D eigenvalue weighted by molar-refractivity contribution is -0.176. The van der Waals surface area contributed by atoms with Crippen LogP contribution in [0.1, 0.15) is 97.8 Å². The molecule has 0 bridgehead atoms. The average molecular weight is 451 g/mol. The molecule has 4 rings (SSSR count). The van der Waals surface area contributed by atoms with Crippen LogP contribution >= 0.6 is 0 Å². The van der Waals surface area contributed by atoms with Crippen LogP contribution in [0.3, 0.4) is 0 Å². The minimum absolute atomic E-state index is 0.0542. The minimum Gasteiger partial charge on any atom is -0.385 e. The summed E-state index contributed by atoms with van der Waals surface area (Å²) in [5.74, 6) is 1.78. The Morgan fingerprint density at radius 2 is 1.62 bits per heavy atom. The average Bonchev–Trinajstić information content (AvgIpc) is 3.09. The topological polar surface area (TPSA) is 130 Å². The maximum Gasteiger partial charge on any atom is 0.204 e. The standard InChI is InChI=1S/C25H47N3O.CH3NO/c1-5-18-17-24(27)20-11-10-19(9-8-16-29-4)21(20,2)14-15-25(24,28)22(3)12-6-7-13-23(18,22)26;2-1-3/h18-20H,5-17,26-28H2,1-4H3;1H,(H2,2,3)/t18-,19?,20?,21?,22?,23?,24?,25-;/m0./s1. The van der Waals surface area contributed by atoms with Crippen molar-refractivity contribution in [1.82, 2.24) is 0 Å². The van der Waals surface area contributed by atoms with Crippen molar-refractivity contribution >= 4 is 6.41 Å². The Morgan fingerprint density at radius 1 is 0.969 bits per heavy atom. The van der Waals surface area contributed by atoms with Gasteiger partial charge in [-0.25, -0.2) is 0 Å². The number of primary amides is 1. The molecule has 4 aliphatic rings. The second kappa shape index (κ2) is 9.16. The molecular weight excluding hydrogens is 400 g/mol. The fraction of sp³-hybridized carbons (Fsp3) is 0.962. The molecular formula is C26H50N4O2. The molecule has 0 heterocycles. The van der Waals surface area contributed by atoms with E-state index in [-0.39, 0.29) is 28.4 Å². The molecule has 8 atom stereocenters. The fourth-order valence-corrected chi connectivity index (χ4v) is 9.40. The molecule has 1 amide bonds. The summed E-state index contributed by atoms with van der Waals surface area (Å²) in [6, 6.07) is 0. The molecule has 6 heteroatoms. The van der Waals surface area contributed by atoms with Crippen LogP contribution in [0.15, 0.2) is 0 Å². The van der Waals surface area contributed by atoms with E-state index in [9.17, 15) is 0 Å². The predicted molar refractivity (Wildman–Crippen MR) is 131 cm³/mol. The van der Waals surface area contributed by atoms with Crippen LogP contribution in [-0.2, 0) is 9.53 Å². The van der Waals surface area contributed by atoms with Crippen LogP contribution in [0, 0.1) is 28.6 Å². The molecule has 4 fully saturated rings. The molecule has 8 N–H and O–H groups in total. The molecule has 0 radical (unpaired) electrons. The monoisotopic (exact) mass is 450 g/mol. The molecule has 0 aliphatic heterocycles. The summed E-state index contributed by atoms with van der Waals surface area (Å²) in [6.07, 6.45) is 14.4. The van der Waals surface area contributed by atoms with Crippen molar-refractivity contribution < 1.29 is 9.53 Å². The van der Waals surface area contributed by atoms with Gasteiger partial charge in [0.1, 0.15) is 0 Å². The van der Waals surface area contributed by atoms with Gasteiger partial charge in [-0.3, -0.25) is 4.79 Å². The van der Waals surface area contributed by atoms with E-state index in [1.165, 1.54) is 38.5 Å². The van der Waals surface area contributed by atoms with Crippen molar-refractivity contribution in [2.45, 2.75) is 114 Å². The molecule has 0 saturated heterocycles. The van der Waals surface area contributed by atoms with E-state index in [0.29, 0.717) is 17.3 Å². The molecule has 6 nitrogen and oxygen atoms in total. The lowest BCUT2D eigenvalue weighted by Gasteiger charge is -2.75. The lowest BCUT2D eigenvalue weighted by atomic mass is 9.35. The number of fused-ring (bicyclic) bond motifs is 5. The van der Waals surface area contributed by atoms with Crippen molar-refractivity contribution in [3.8, 4) is 0 Å². The van der Waals surface area contributed by atoms with E-state index in [1.807, 2.05) is 7.11 Å². The first-order valence-corrected chi connectivity index (χ1v) is 13.1. The van der Waals surface area contributed by atoms with E-state index in [0.717, 1.165) is 51.0 Å². The smallest absolute Gasteiger partial charge is 0.204 e. The van der Waals surface area contributed by atoms with Gasteiger partial charge in [-0.15, -0.1) is 0 Å². The largest absolute Gasteiger partial charge is 0.385 e. The third kappa shape index (κ3) is 3.38. The van der Waals surface area contributed by atoms with Gasteiger partial charge in [0, 0.05) is 35.7 Å².